The molecule has 7 nitrogen and oxygen atoms in total. The van der Waals surface area contributed by atoms with Gasteiger partial charge in [-0.25, -0.2) is 13.8 Å². The van der Waals surface area contributed by atoms with E-state index in [1.165, 1.54) is 7.11 Å². The van der Waals surface area contributed by atoms with Crippen LogP contribution in [0.4, 0.5) is 14.6 Å². The summed E-state index contributed by atoms with van der Waals surface area (Å²) >= 11 is 0. The number of pyridine rings is 1. The first-order valence-electron chi connectivity index (χ1n) is 6.20. The molecular weight excluding hydrogens is 290 g/mol. The molecule has 0 amide bonds. The van der Waals surface area contributed by atoms with E-state index in [4.69, 9.17) is 14.6 Å². The van der Waals surface area contributed by atoms with Crippen LogP contribution in [0.1, 0.15) is 0 Å². The molecule has 0 aromatic carbocycles. The first kappa shape index (κ1) is 16.0. The van der Waals surface area contributed by atoms with Crippen LogP contribution in [-0.2, 0) is 9.47 Å². The van der Waals surface area contributed by atoms with Crippen molar-refractivity contribution in [3.05, 3.63) is 23.9 Å². The SMILES string of the molecule is COC1O[C@H](CO)[C@H](O)[C@H](O)[C@@H]1Nc1ncc(F)cc1F. The number of nitrogens with one attached hydrogen (secondary N) is 1. The number of anilines is 1. The summed E-state index contributed by atoms with van der Waals surface area (Å²) in [4.78, 5) is 3.52. The fourth-order valence-electron chi connectivity index (χ4n) is 2.12. The van der Waals surface area contributed by atoms with Gasteiger partial charge >= 0.3 is 0 Å². The highest BCUT2D eigenvalue weighted by molar-refractivity contribution is 5.38. The van der Waals surface area contributed by atoms with Crippen LogP contribution in [0.5, 0.6) is 0 Å². The highest BCUT2D eigenvalue weighted by Gasteiger charge is 2.44. The second kappa shape index (κ2) is 6.58. The molecule has 9 heteroatoms. The molecule has 4 N–H and O–H groups in total. The van der Waals surface area contributed by atoms with Crippen LogP contribution in [0.2, 0.25) is 0 Å². The summed E-state index contributed by atoms with van der Waals surface area (Å²) in [5.74, 6) is -2.13. The molecule has 0 radical (unpaired) electrons. The van der Waals surface area contributed by atoms with Gasteiger partial charge in [0.05, 0.1) is 12.8 Å². The lowest BCUT2D eigenvalue weighted by molar-refractivity contribution is -0.254. The lowest BCUT2D eigenvalue weighted by atomic mass is 9.97. The number of aliphatic hydroxyl groups is 3. The van der Waals surface area contributed by atoms with E-state index in [-0.39, 0.29) is 5.82 Å². The summed E-state index contributed by atoms with van der Waals surface area (Å²) in [6, 6.07) is -0.430. The van der Waals surface area contributed by atoms with Crippen LogP contribution < -0.4 is 5.32 Å². The molecule has 2 rings (SSSR count). The summed E-state index contributed by atoms with van der Waals surface area (Å²) in [7, 11) is 1.28. The Morgan fingerprint density at radius 3 is 2.67 bits per heavy atom. The molecule has 0 aliphatic carbocycles. The fraction of sp³-hybridized carbons (Fsp3) is 0.583. The van der Waals surface area contributed by atoms with Crippen LogP contribution in [0, 0.1) is 11.6 Å². The molecule has 1 aliphatic heterocycles. The smallest absolute Gasteiger partial charge is 0.180 e. The van der Waals surface area contributed by atoms with Crippen molar-refractivity contribution in [2.45, 2.75) is 30.6 Å². The third-order valence-electron chi connectivity index (χ3n) is 3.22. The van der Waals surface area contributed by atoms with Crippen LogP contribution in [0.3, 0.4) is 0 Å². The maximum absolute atomic E-state index is 13.6. The molecule has 0 bridgehead atoms. The van der Waals surface area contributed by atoms with E-state index in [0.717, 1.165) is 6.20 Å². The minimum Gasteiger partial charge on any atom is -0.394 e. The normalized spacial score (nSPS) is 33.0. The molecule has 118 valence electrons. The number of hydrogen-bond acceptors (Lipinski definition) is 7. The third-order valence-corrected chi connectivity index (χ3v) is 3.22. The number of ether oxygens (including phenoxy) is 2. The molecule has 2 heterocycles. The van der Waals surface area contributed by atoms with Crippen molar-refractivity contribution in [2.24, 2.45) is 0 Å². The van der Waals surface area contributed by atoms with Gasteiger partial charge < -0.3 is 30.1 Å². The van der Waals surface area contributed by atoms with E-state index in [9.17, 15) is 19.0 Å². The maximum atomic E-state index is 13.6. The van der Waals surface area contributed by atoms with Gasteiger partial charge in [-0.3, -0.25) is 0 Å². The lowest BCUT2D eigenvalue weighted by Crippen LogP contribution is -2.61. The number of aromatic nitrogens is 1. The molecule has 1 fully saturated rings. The van der Waals surface area contributed by atoms with Gasteiger partial charge in [0, 0.05) is 13.2 Å². The average molecular weight is 306 g/mol. The van der Waals surface area contributed by atoms with Crippen molar-refractivity contribution in [2.75, 3.05) is 19.0 Å². The Morgan fingerprint density at radius 1 is 1.38 bits per heavy atom. The Bertz CT molecular complexity index is 491. The maximum Gasteiger partial charge on any atom is 0.180 e. The second-order valence-electron chi connectivity index (χ2n) is 4.60. The molecule has 1 aromatic heterocycles. The first-order chi connectivity index (χ1) is 9.97. The van der Waals surface area contributed by atoms with Gasteiger partial charge in [-0.2, -0.15) is 0 Å². The van der Waals surface area contributed by atoms with E-state index >= 15 is 0 Å². The zero-order valence-electron chi connectivity index (χ0n) is 11.1. The predicted molar refractivity (Wildman–Crippen MR) is 66.3 cm³/mol. The number of rotatable bonds is 4. The molecule has 5 atom stereocenters. The van der Waals surface area contributed by atoms with E-state index in [0.29, 0.717) is 6.07 Å². The van der Waals surface area contributed by atoms with E-state index < -0.39 is 48.9 Å². The number of nitrogens with zero attached hydrogens (tertiary/aromatic N) is 1. The fourth-order valence-corrected chi connectivity index (χ4v) is 2.12. The van der Waals surface area contributed by atoms with E-state index in [1.807, 2.05) is 0 Å². The average Bonchev–Trinajstić information content (AvgIpc) is 2.46. The zero-order valence-corrected chi connectivity index (χ0v) is 11.1. The molecule has 0 spiro atoms. The van der Waals surface area contributed by atoms with Crippen LogP contribution >= 0.6 is 0 Å². The summed E-state index contributed by atoms with van der Waals surface area (Å²) in [6.07, 6.45) is -4.11. The summed E-state index contributed by atoms with van der Waals surface area (Å²) in [5.41, 5.74) is 0. The molecule has 1 unspecified atom stereocenters. The Morgan fingerprint density at radius 2 is 2.10 bits per heavy atom. The van der Waals surface area contributed by atoms with Crippen LogP contribution in [0.25, 0.3) is 0 Å². The number of methoxy groups -OCH3 is 1. The summed E-state index contributed by atoms with van der Waals surface area (Å²) in [5, 5.41) is 31.4. The van der Waals surface area contributed by atoms with Gasteiger partial charge in [0.15, 0.2) is 17.9 Å². The van der Waals surface area contributed by atoms with Gasteiger partial charge in [0.1, 0.15) is 30.2 Å². The van der Waals surface area contributed by atoms with Crippen molar-refractivity contribution < 1.29 is 33.6 Å². The summed E-state index contributed by atoms with van der Waals surface area (Å²) < 4.78 is 36.6. The zero-order chi connectivity index (χ0) is 15.6. The Kier molecular flexibility index (Phi) is 5.01. The topological polar surface area (TPSA) is 104 Å². The van der Waals surface area contributed by atoms with Gasteiger partial charge in [-0.05, 0) is 0 Å². The number of aliphatic hydroxyl groups excluding tert-OH is 3. The minimum absolute atomic E-state index is 0.319. The Labute approximate surface area is 119 Å². The summed E-state index contributed by atoms with van der Waals surface area (Å²) in [6.45, 7) is -0.520. The molecule has 1 aliphatic rings. The molecule has 0 saturated carbocycles. The van der Waals surface area contributed by atoms with Crippen LogP contribution in [-0.4, -0.2) is 64.7 Å². The molecule has 1 aromatic rings. The van der Waals surface area contributed by atoms with Crippen molar-refractivity contribution in [1.82, 2.24) is 4.98 Å². The Hall–Kier alpha value is -1.39. The highest BCUT2D eigenvalue weighted by atomic mass is 19.1. The molecular formula is C12H16F2N2O5. The van der Waals surface area contributed by atoms with Gasteiger partial charge in [-0.1, -0.05) is 0 Å². The van der Waals surface area contributed by atoms with Crippen LogP contribution in [0.15, 0.2) is 12.3 Å². The van der Waals surface area contributed by atoms with Crippen molar-refractivity contribution in [1.29, 1.82) is 0 Å². The van der Waals surface area contributed by atoms with Crippen molar-refractivity contribution in [3.63, 3.8) is 0 Å². The van der Waals surface area contributed by atoms with Gasteiger partial charge in [0.25, 0.3) is 0 Å². The third kappa shape index (κ3) is 3.27. The minimum atomic E-state index is -1.41. The van der Waals surface area contributed by atoms with Crippen molar-refractivity contribution >= 4 is 5.82 Å². The lowest BCUT2D eigenvalue weighted by Gasteiger charge is -2.41. The Balaban J connectivity index is 2.20. The standard InChI is InChI=1S/C12H16F2N2O5/c1-20-12-8(10(19)9(18)7(4-17)21-12)16-11-6(14)2-5(13)3-15-11/h2-3,7-10,12,17-19H,4H2,1H3,(H,15,16)/t7-,8+,9+,10-,12?/m1/s1. The second-order valence-corrected chi connectivity index (χ2v) is 4.60. The monoisotopic (exact) mass is 306 g/mol. The van der Waals surface area contributed by atoms with Gasteiger partial charge in [0.2, 0.25) is 0 Å². The van der Waals surface area contributed by atoms with E-state index in [1.54, 1.807) is 0 Å². The highest BCUT2D eigenvalue weighted by Crippen LogP contribution is 2.25. The predicted octanol–water partition coefficient (Wildman–Crippen LogP) is -0.774. The quantitative estimate of drug-likeness (QED) is 0.579. The van der Waals surface area contributed by atoms with E-state index in [2.05, 4.69) is 10.3 Å². The largest absolute Gasteiger partial charge is 0.394 e. The first-order valence-corrected chi connectivity index (χ1v) is 6.20. The van der Waals surface area contributed by atoms with Crippen molar-refractivity contribution in [3.8, 4) is 0 Å². The molecule has 1 saturated heterocycles. The molecule has 21 heavy (non-hydrogen) atoms. The van der Waals surface area contributed by atoms with Gasteiger partial charge in [-0.15, -0.1) is 0 Å². The number of hydrogen-bond donors (Lipinski definition) is 4. The number of halogens is 2.